The van der Waals surface area contributed by atoms with Crippen molar-refractivity contribution < 1.29 is 23.0 Å². The number of rotatable bonds is 5. The number of nitrogens with zero attached hydrogens (tertiary/aromatic N) is 1. The molecule has 1 aromatic rings. The highest BCUT2D eigenvalue weighted by atomic mass is 79.9. The molecule has 0 heterocycles. The van der Waals surface area contributed by atoms with Gasteiger partial charge in [-0.15, -0.1) is 0 Å². The van der Waals surface area contributed by atoms with Crippen molar-refractivity contribution in [1.82, 2.24) is 0 Å². The zero-order valence-corrected chi connectivity index (χ0v) is 11.5. The van der Waals surface area contributed by atoms with Crippen molar-refractivity contribution in [1.29, 1.82) is 5.26 Å². The summed E-state index contributed by atoms with van der Waals surface area (Å²) in [5.74, 6) is -0.754. The molecule has 0 aliphatic carbocycles. The van der Waals surface area contributed by atoms with Crippen LogP contribution in [0.3, 0.4) is 0 Å². The average Bonchev–Trinajstić information content (AvgIpc) is 2.32. The maximum atomic E-state index is 12.2. The van der Waals surface area contributed by atoms with E-state index in [9.17, 15) is 13.6 Å². The van der Waals surface area contributed by atoms with Crippen molar-refractivity contribution in [2.45, 2.75) is 20.0 Å². The lowest BCUT2D eigenvalue weighted by atomic mass is 10.1. The monoisotopic (exact) mass is 333 g/mol. The Morgan fingerprint density at radius 3 is 2.74 bits per heavy atom. The number of hydrogen-bond acceptors (Lipinski definition) is 4. The molecule has 1 rings (SSSR count). The second-order valence-electron chi connectivity index (χ2n) is 3.41. The average molecular weight is 334 g/mol. The molecule has 0 saturated heterocycles. The third kappa shape index (κ3) is 4.48. The van der Waals surface area contributed by atoms with Crippen molar-refractivity contribution in [2.24, 2.45) is 0 Å². The normalized spacial score (nSPS) is 10.1. The van der Waals surface area contributed by atoms with Gasteiger partial charge in [0.15, 0.2) is 0 Å². The molecular formula is C12H10BrF2NO3. The van der Waals surface area contributed by atoms with Crippen LogP contribution in [0, 0.1) is 11.3 Å². The number of esters is 1. The van der Waals surface area contributed by atoms with Crippen molar-refractivity contribution in [2.75, 3.05) is 6.61 Å². The highest BCUT2D eigenvalue weighted by Crippen LogP contribution is 2.28. The highest BCUT2D eigenvalue weighted by molar-refractivity contribution is 9.10. The number of benzene rings is 1. The van der Waals surface area contributed by atoms with Crippen LogP contribution in [-0.2, 0) is 16.0 Å². The molecule has 0 fully saturated rings. The minimum Gasteiger partial charge on any atom is -0.466 e. The van der Waals surface area contributed by atoms with Gasteiger partial charge in [-0.3, -0.25) is 4.79 Å². The molecule has 19 heavy (non-hydrogen) atoms. The zero-order valence-electron chi connectivity index (χ0n) is 9.95. The van der Waals surface area contributed by atoms with Crippen LogP contribution in [0.2, 0.25) is 0 Å². The minimum atomic E-state index is -3.04. The fourth-order valence-corrected chi connectivity index (χ4v) is 1.86. The summed E-state index contributed by atoms with van der Waals surface area (Å²) in [6, 6.07) is 4.30. The fraction of sp³-hybridized carbons (Fsp3) is 0.333. The van der Waals surface area contributed by atoms with Crippen LogP contribution < -0.4 is 4.74 Å². The van der Waals surface area contributed by atoms with Gasteiger partial charge >= 0.3 is 12.6 Å². The van der Waals surface area contributed by atoms with E-state index in [-0.39, 0.29) is 24.3 Å². The number of alkyl halides is 2. The van der Waals surface area contributed by atoms with Crippen molar-refractivity contribution in [3.63, 3.8) is 0 Å². The number of carbonyl (C=O) groups is 1. The third-order valence-electron chi connectivity index (χ3n) is 2.13. The molecule has 0 spiro atoms. The summed E-state index contributed by atoms with van der Waals surface area (Å²) < 4.78 is 33.9. The fourth-order valence-electron chi connectivity index (χ4n) is 1.38. The lowest BCUT2D eigenvalue weighted by molar-refractivity contribution is -0.142. The number of halogens is 3. The van der Waals surface area contributed by atoms with Crippen molar-refractivity contribution in [3.05, 3.63) is 27.7 Å². The van der Waals surface area contributed by atoms with Gasteiger partial charge in [0, 0.05) is 4.47 Å². The van der Waals surface area contributed by atoms with Crippen LogP contribution in [0.4, 0.5) is 8.78 Å². The van der Waals surface area contributed by atoms with Gasteiger partial charge in [0.2, 0.25) is 0 Å². The lowest BCUT2D eigenvalue weighted by Crippen LogP contribution is -2.09. The Labute approximate surface area is 117 Å². The largest absolute Gasteiger partial charge is 0.466 e. The molecule has 0 bridgehead atoms. The Kier molecular flexibility index (Phi) is 5.70. The molecular weight excluding hydrogens is 324 g/mol. The van der Waals surface area contributed by atoms with Crippen LogP contribution >= 0.6 is 15.9 Å². The van der Waals surface area contributed by atoms with E-state index in [1.165, 1.54) is 12.1 Å². The predicted octanol–water partition coefficient (Wildman–Crippen LogP) is 3.03. The Morgan fingerprint density at radius 1 is 1.53 bits per heavy atom. The molecule has 0 aliphatic rings. The van der Waals surface area contributed by atoms with Gasteiger partial charge in [-0.25, -0.2) is 0 Å². The van der Waals surface area contributed by atoms with E-state index >= 15 is 0 Å². The Morgan fingerprint density at radius 2 is 2.21 bits per heavy atom. The second kappa shape index (κ2) is 7.04. The number of ether oxygens (including phenoxy) is 2. The first kappa shape index (κ1) is 15.4. The molecule has 0 aromatic heterocycles. The Hall–Kier alpha value is -1.68. The van der Waals surface area contributed by atoms with Crippen LogP contribution in [0.25, 0.3) is 0 Å². The van der Waals surface area contributed by atoms with E-state index in [4.69, 9.17) is 10.00 Å². The minimum absolute atomic E-state index is 0.0419. The van der Waals surface area contributed by atoms with Gasteiger partial charge in [-0.2, -0.15) is 14.0 Å². The van der Waals surface area contributed by atoms with E-state index in [0.29, 0.717) is 10.0 Å². The van der Waals surface area contributed by atoms with Gasteiger partial charge < -0.3 is 9.47 Å². The van der Waals surface area contributed by atoms with E-state index in [1.807, 2.05) is 0 Å². The van der Waals surface area contributed by atoms with Crippen molar-refractivity contribution in [3.8, 4) is 11.8 Å². The first-order chi connectivity index (χ1) is 8.97. The van der Waals surface area contributed by atoms with E-state index in [2.05, 4.69) is 20.7 Å². The molecule has 0 saturated carbocycles. The van der Waals surface area contributed by atoms with Gasteiger partial charge in [0.05, 0.1) is 18.6 Å². The molecule has 0 radical (unpaired) electrons. The maximum absolute atomic E-state index is 12.2. The van der Waals surface area contributed by atoms with Gasteiger partial charge in [-0.05, 0) is 24.6 Å². The van der Waals surface area contributed by atoms with Gasteiger partial charge in [0.25, 0.3) is 0 Å². The predicted molar refractivity (Wildman–Crippen MR) is 65.8 cm³/mol. The Balaban J connectivity index is 3.05. The quantitative estimate of drug-likeness (QED) is 0.777. The van der Waals surface area contributed by atoms with Crippen LogP contribution in [0.5, 0.6) is 5.75 Å². The van der Waals surface area contributed by atoms with Crippen LogP contribution in [-0.4, -0.2) is 19.2 Å². The molecule has 1 aromatic carbocycles. The second-order valence-corrected chi connectivity index (χ2v) is 4.27. The summed E-state index contributed by atoms with van der Waals surface area (Å²) in [6.45, 7) is -1.15. The topological polar surface area (TPSA) is 59.3 Å². The first-order valence-corrected chi connectivity index (χ1v) is 6.10. The highest BCUT2D eigenvalue weighted by Gasteiger charge is 2.15. The smallest absolute Gasteiger partial charge is 0.387 e. The molecule has 7 heteroatoms. The standard InChI is InChI=1S/C12H10BrF2NO3/c1-2-18-11(17)5-7-4-10(19-12(14)15)8(6-16)3-9(7)13/h3-4,12H,2,5H2,1H3. The summed E-state index contributed by atoms with van der Waals surface area (Å²) in [4.78, 5) is 11.4. The van der Waals surface area contributed by atoms with E-state index in [1.54, 1.807) is 13.0 Å². The summed E-state index contributed by atoms with van der Waals surface area (Å²) >= 11 is 3.17. The molecule has 4 nitrogen and oxygen atoms in total. The third-order valence-corrected chi connectivity index (χ3v) is 2.86. The molecule has 0 amide bonds. The summed E-state index contributed by atoms with van der Waals surface area (Å²) in [5.41, 5.74) is 0.368. The Bertz CT molecular complexity index is 514. The SMILES string of the molecule is CCOC(=O)Cc1cc(OC(F)F)c(C#N)cc1Br. The van der Waals surface area contributed by atoms with E-state index in [0.717, 1.165) is 0 Å². The number of hydrogen-bond donors (Lipinski definition) is 0. The van der Waals surface area contributed by atoms with E-state index < -0.39 is 12.6 Å². The lowest BCUT2D eigenvalue weighted by Gasteiger charge is -2.10. The summed E-state index contributed by atoms with van der Waals surface area (Å²) in [5, 5.41) is 8.83. The molecule has 0 unspecified atom stereocenters. The number of carbonyl (C=O) groups excluding carboxylic acids is 1. The number of nitriles is 1. The van der Waals surface area contributed by atoms with Crippen LogP contribution in [0.15, 0.2) is 16.6 Å². The zero-order chi connectivity index (χ0) is 14.4. The summed E-state index contributed by atoms with van der Waals surface area (Å²) in [6.07, 6.45) is -0.0975. The maximum Gasteiger partial charge on any atom is 0.387 e. The molecule has 102 valence electrons. The van der Waals surface area contributed by atoms with Gasteiger partial charge in [-0.1, -0.05) is 15.9 Å². The van der Waals surface area contributed by atoms with Gasteiger partial charge in [0.1, 0.15) is 11.8 Å². The van der Waals surface area contributed by atoms with Crippen LogP contribution in [0.1, 0.15) is 18.1 Å². The molecule has 0 aliphatic heterocycles. The van der Waals surface area contributed by atoms with Crippen molar-refractivity contribution >= 4 is 21.9 Å². The summed E-state index contributed by atoms with van der Waals surface area (Å²) in [7, 11) is 0. The molecule has 0 atom stereocenters. The molecule has 0 N–H and O–H groups in total. The first-order valence-electron chi connectivity index (χ1n) is 5.30.